The Morgan fingerprint density at radius 3 is 2.84 bits per heavy atom. The number of fused-ring (bicyclic) bond motifs is 5. The van der Waals surface area contributed by atoms with E-state index in [1.165, 1.54) is 6.26 Å². The van der Waals surface area contributed by atoms with E-state index in [2.05, 4.69) is 6.92 Å². The third kappa shape index (κ3) is 1.35. The first-order valence-corrected chi connectivity index (χ1v) is 9.16. The van der Waals surface area contributed by atoms with Crippen molar-refractivity contribution in [3.63, 3.8) is 0 Å². The summed E-state index contributed by atoms with van der Waals surface area (Å²) in [6.07, 6.45) is 3.32. The highest BCUT2D eigenvalue weighted by atomic mass is 16.6. The molecule has 130 valence electrons. The number of carbonyl (C=O) groups is 2. The predicted octanol–water partition coefficient (Wildman–Crippen LogP) is 2.62. The van der Waals surface area contributed by atoms with Crippen LogP contribution in [0.2, 0.25) is 0 Å². The lowest BCUT2D eigenvalue weighted by Crippen LogP contribution is -2.47. The van der Waals surface area contributed by atoms with Crippen LogP contribution in [0.1, 0.15) is 67.3 Å². The molecule has 6 atom stereocenters. The number of Topliss-reactive ketones (excluding diaryl/α,β-unsaturated/α-hetero) is 2. The van der Waals surface area contributed by atoms with E-state index in [0.29, 0.717) is 17.7 Å². The summed E-state index contributed by atoms with van der Waals surface area (Å²) < 4.78 is 11.5. The number of furan rings is 1. The first kappa shape index (κ1) is 14.4. The van der Waals surface area contributed by atoms with Crippen LogP contribution >= 0.6 is 0 Å². The molecule has 4 unspecified atom stereocenters. The first-order valence-electron chi connectivity index (χ1n) is 9.16. The fourth-order valence-electron chi connectivity index (χ4n) is 6.30. The van der Waals surface area contributed by atoms with E-state index in [1.807, 2.05) is 6.92 Å². The van der Waals surface area contributed by atoms with E-state index in [1.54, 1.807) is 0 Å². The number of epoxide rings is 1. The van der Waals surface area contributed by atoms with Crippen molar-refractivity contribution in [1.82, 2.24) is 0 Å². The summed E-state index contributed by atoms with van der Waals surface area (Å²) in [6.45, 7) is 4.15. The molecule has 1 aromatic rings. The van der Waals surface area contributed by atoms with Gasteiger partial charge < -0.3 is 14.3 Å². The number of rotatable bonds is 0. The maximum absolute atomic E-state index is 13.3. The monoisotopic (exact) mass is 340 g/mol. The number of hydrogen-bond acceptors (Lipinski definition) is 5. The molecule has 1 aromatic heterocycles. The normalized spacial score (nSPS) is 46.5. The average Bonchev–Trinajstić information content (AvgIpc) is 3.19. The van der Waals surface area contributed by atoms with Crippen LogP contribution in [-0.2, 0) is 14.9 Å². The van der Waals surface area contributed by atoms with Crippen molar-refractivity contribution in [2.45, 2.75) is 63.3 Å². The lowest BCUT2D eigenvalue weighted by molar-refractivity contribution is -0.126. The number of hydrogen-bond donors (Lipinski definition) is 1. The maximum Gasteiger partial charge on any atom is 0.224 e. The Morgan fingerprint density at radius 1 is 1.24 bits per heavy atom. The van der Waals surface area contributed by atoms with E-state index >= 15 is 0 Å². The zero-order valence-electron chi connectivity index (χ0n) is 14.3. The summed E-state index contributed by atoms with van der Waals surface area (Å²) in [4.78, 5) is 25.8. The first-order chi connectivity index (χ1) is 11.9. The number of allylic oxidation sites excluding steroid dienone is 1. The fourth-order valence-corrected chi connectivity index (χ4v) is 6.30. The molecular formula is C20H20O5. The van der Waals surface area contributed by atoms with Gasteiger partial charge in [0.05, 0.1) is 6.26 Å². The van der Waals surface area contributed by atoms with E-state index in [-0.39, 0.29) is 29.7 Å². The minimum Gasteiger partial charge on any atom is -0.460 e. The molecule has 2 heterocycles. The summed E-state index contributed by atoms with van der Waals surface area (Å²) in [5.74, 6) is 0.546. The van der Waals surface area contributed by atoms with Gasteiger partial charge in [-0.1, -0.05) is 6.92 Å². The van der Waals surface area contributed by atoms with Gasteiger partial charge in [-0.15, -0.1) is 0 Å². The fraction of sp³-hybridized carbons (Fsp3) is 0.600. The zero-order chi connectivity index (χ0) is 17.3. The Hall–Kier alpha value is -1.72. The molecule has 6 rings (SSSR count). The van der Waals surface area contributed by atoms with Gasteiger partial charge in [0.25, 0.3) is 0 Å². The molecule has 25 heavy (non-hydrogen) atoms. The minimum absolute atomic E-state index is 0.0150. The van der Waals surface area contributed by atoms with Crippen LogP contribution in [0.4, 0.5) is 0 Å². The van der Waals surface area contributed by atoms with Crippen molar-refractivity contribution in [1.29, 1.82) is 0 Å². The van der Waals surface area contributed by atoms with Crippen LogP contribution in [0.3, 0.4) is 0 Å². The Balaban J connectivity index is 1.64. The SMILES string of the molecule is C[C@]12CCC3=C(C(=O)c4occ5c4[C@]3(C)C3OC3C5O)C1CCC2=O. The number of ketones is 2. The Kier molecular flexibility index (Phi) is 2.31. The van der Waals surface area contributed by atoms with Gasteiger partial charge in [-0.05, 0) is 31.8 Å². The van der Waals surface area contributed by atoms with Crippen LogP contribution in [0, 0.1) is 11.3 Å². The molecule has 1 N–H and O–H groups in total. The molecule has 1 aliphatic heterocycles. The van der Waals surface area contributed by atoms with E-state index < -0.39 is 16.9 Å². The molecule has 0 spiro atoms. The number of aliphatic hydroxyl groups is 1. The molecule has 5 nitrogen and oxygen atoms in total. The van der Waals surface area contributed by atoms with Gasteiger partial charge in [-0.25, -0.2) is 0 Å². The van der Waals surface area contributed by atoms with Gasteiger partial charge in [0, 0.05) is 39.9 Å². The van der Waals surface area contributed by atoms with Crippen LogP contribution < -0.4 is 0 Å². The second-order valence-corrected chi connectivity index (χ2v) is 8.72. The standard InChI is InChI=1S/C20H20O5/c1-19-6-5-10-12(9(19)3-4-11(19)21)15(23)16-13-8(7-24-16)14(22)17-18(25-17)20(10,13)2/h7,9,14,17-18,22H,3-6H2,1-2H3/t9?,14?,17?,18?,19-,20+/m0/s1. The van der Waals surface area contributed by atoms with Crippen LogP contribution in [0.15, 0.2) is 21.8 Å². The van der Waals surface area contributed by atoms with Gasteiger partial charge in [-0.2, -0.15) is 0 Å². The van der Waals surface area contributed by atoms with Gasteiger partial charge in [0.15, 0.2) is 5.76 Å². The van der Waals surface area contributed by atoms with Crippen molar-refractivity contribution in [2.24, 2.45) is 11.3 Å². The number of carbonyl (C=O) groups excluding carboxylic acids is 2. The Bertz CT molecular complexity index is 907. The highest BCUT2D eigenvalue weighted by molar-refractivity contribution is 6.12. The molecule has 0 radical (unpaired) electrons. The van der Waals surface area contributed by atoms with Crippen molar-refractivity contribution < 1.29 is 23.8 Å². The molecule has 1 saturated carbocycles. The molecule has 4 aliphatic carbocycles. The van der Waals surface area contributed by atoms with Crippen LogP contribution in [0.25, 0.3) is 0 Å². The largest absolute Gasteiger partial charge is 0.460 e. The second-order valence-electron chi connectivity index (χ2n) is 8.72. The molecule has 0 amide bonds. The van der Waals surface area contributed by atoms with E-state index in [4.69, 9.17) is 9.15 Å². The highest BCUT2D eigenvalue weighted by Crippen LogP contribution is 2.65. The number of aliphatic hydroxyl groups excluding tert-OH is 1. The van der Waals surface area contributed by atoms with Gasteiger partial charge in [-0.3, -0.25) is 9.59 Å². The highest BCUT2D eigenvalue weighted by Gasteiger charge is 2.68. The maximum atomic E-state index is 13.3. The topological polar surface area (TPSA) is 80.0 Å². The zero-order valence-corrected chi connectivity index (χ0v) is 14.3. The molecule has 0 bridgehead atoms. The van der Waals surface area contributed by atoms with E-state index in [9.17, 15) is 14.7 Å². The summed E-state index contributed by atoms with van der Waals surface area (Å²) in [5, 5.41) is 10.5. The summed E-state index contributed by atoms with van der Waals surface area (Å²) in [7, 11) is 0. The predicted molar refractivity (Wildman–Crippen MR) is 86.1 cm³/mol. The molecule has 5 aliphatic rings. The summed E-state index contributed by atoms with van der Waals surface area (Å²) >= 11 is 0. The quantitative estimate of drug-likeness (QED) is 0.734. The van der Waals surface area contributed by atoms with Crippen molar-refractivity contribution in [2.75, 3.05) is 0 Å². The van der Waals surface area contributed by atoms with Crippen molar-refractivity contribution in [3.05, 3.63) is 34.3 Å². The summed E-state index contributed by atoms with van der Waals surface area (Å²) in [6, 6.07) is 0. The lowest BCUT2D eigenvalue weighted by atomic mass is 9.54. The molecule has 1 saturated heterocycles. The van der Waals surface area contributed by atoms with Crippen LogP contribution in [0.5, 0.6) is 0 Å². The van der Waals surface area contributed by atoms with Gasteiger partial charge in [0.2, 0.25) is 5.78 Å². The van der Waals surface area contributed by atoms with E-state index in [0.717, 1.165) is 36.0 Å². The number of ether oxygens (including phenoxy) is 1. The van der Waals surface area contributed by atoms with Crippen molar-refractivity contribution in [3.8, 4) is 0 Å². The molecular weight excluding hydrogens is 320 g/mol. The lowest BCUT2D eigenvalue weighted by Gasteiger charge is -2.46. The third-order valence-corrected chi connectivity index (χ3v) is 7.78. The smallest absolute Gasteiger partial charge is 0.224 e. The second kappa shape index (κ2) is 3.99. The Morgan fingerprint density at radius 2 is 2.04 bits per heavy atom. The Labute approximate surface area is 145 Å². The third-order valence-electron chi connectivity index (χ3n) is 7.78. The molecule has 0 aromatic carbocycles. The molecule has 2 fully saturated rings. The molecule has 5 heteroatoms. The minimum atomic E-state index is -0.720. The van der Waals surface area contributed by atoms with Crippen molar-refractivity contribution >= 4 is 11.6 Å². The summed E-state index contributed by atoms with van der Waals surface area (Å²) in [5.41, 5.74) is 2.63. The van der Waals surface area contributed by atoms with Gasteiger partial charge in [0.1, 0.15) is 24.1 Å². The van der Waals surface area contributed by atoms with Gasteiger partial charge >= 0.3 is 0 Å². The average molecular weight is 340 g/mol. The van der Waals surface area contributed by atoms with Crippen LogP contribution in [-0.4, -0.2) is 28.9 Å².